The minimum atomic E-state index is -3.26. The second kappa shape index (κ2) is 6.63. The summed E-state index contributed by atoms with van der Waals surface area (Å²) in [7, 11) is -3.26. The molecule has 1 N–H and O–H groups in total. The number of hydrogen-bond acceptors (Lipinski definition) is 4. The molecule has 0 radical (unpaired) electrons. The Balaban J connectivity index is 1.73. The second-order valence-electron chi connectivity index (χ2n) is 5.53. The van der Waals surface area contributed by atoms with Crippen LogP contribution >= 0.6 is 22.9 Å². The zero-order valence-corrected chi connectivity index (χ0v) is 14.7. The maximum atomic E-state index is 12.5. The normalized spacial score (nSPS) is 15.7. The van der Waals surface area contributed by atoms with Gasteiger partial charge in [-0.2, -0.15) is 0 Å². The lowest BCUT2D eigenvalue weighted by atomic mass is 10.3. The molecule has 23 heavy (non-hydrogen) atoms. The van der Waals surface area contributed by atoms with E-state index in [4.69, 9.17) is 11.6 Å². The van der Waals surface area contributed by atoms with Crippen LogP contribution in [0.5, 0.6) is 0 Å². The van der Waals surface area contributed by atoms with E-state index in [1.165, 1.54) is 11.3 Å². The molecule has 1 saturated carbocycles. The summed E-state index contributed by atoms with van der Waals surface area (Å²) in [5, 5.41) is 2.47. The highest BCUT2D eigenvalue weighted by Gasteiger charge is 2.30. The smallest absolute Gasteiger partial charge is 0.265 e. The van der Waals surface area contributed by atoms with Crippen LogP contribution in [-0.2, 0) is 9.84 Å². The Hall–Kier alpha value is -1.37. The molecule has 0 saturated heterocycles. The molecular formula is C16H16ClNO3S2. The highest BCUT2D eigenvalue weighted by Crippen LogP contribution is 2.30. The van der Waals surface area contributed by atoms with Crippen molar-refractivity contribution in [3.8, 4) is 0 Å². The molecule has 7 heteroatoms. The first-order valence-electron chi connectivity index (χ1n) is 7.37. The highest BCUT2D eigenvalue weighted by atomic mass is 35.5. The van der Waals surface area contributed by atoms with Crippen LogP contribution < -0.4 is 5.32 Å². The van der Waals surface area contributed by atoms with Gasteiger partial charge in [0.2, 0.25) is 0 Å². The Morgan fingerprint density at radius 3 is 2.30 bits per heavy atom. The highest BCUT2D eigenvalue weighted by molar-refractivity contribution is 7.92. The molecule has 1 heterocycles. The van der Waals surface area contributed by atoms with E-state index < -0.39 is 9.84 Å². The Morgan fingerprint density at radius 1 is 1.09 bits per heavy atom. The topological polar surface area (TPSA) is 63.2 Å². The fraction of sp³-hybridized carbons (Fsp3) is 0.312. The monoisotopic (exact) mass is 369 g/mol. The Morgan fingerprint density at radius 2 is 1.74 bits per heavy atom. The summed E-state index contributed by atoms with van der Waals surface area (Å²) in [6, 6.07) is 9.68. The zero-order valence-electron chi connectivity index (χ0n) is 12.3. The van der Waals surface area contributed by atoms with Crippen molar-refractivity contribution in [2.45, 2.75) is 35.8 Å². The van der Waals surface area contributed by atoms with E-state index in [-0.39, 0.29) is 11.2 Å². The minimum Gasteiger partial charge on any atom is -0.321 e. The Labute approximate surface area is 144 Å². The van der Waals surface area contributed by atoms with Crippen LogP contribution in [0, 0.1) is 0 Å². The largest absolute Gasteiger partial charge is 0.321 e. The maximum absolute atomic E-state index is 12.5. The van der Waals surface area contributed by atoms with E-state index >= 15 is 0 Å². The average molecular weight is 370 g/mol. The molecule has 1 aliphatic carbocycles. The lowest BCUT2D eigenvalue weighted by Crippen LogP contribution is -2.17. The number of sulfone groups is 1. The molecule has 1 amide bonds. The van der Waals surface area contributed by atoms with Crippen molar-refractivity contribution in [2.24, 2.45) is 0 Å². The molecular weight excluding hydrogens is 354 g/mol. The van der Waals surface area contributed by atoms with E-state index in [1.807, 2.05) is 0 Å². The first kappa shape index (κ1) is 16.5. The van der Waals surface area contributed by atoms with Crippen molar-refractivity contribution in [1.29, 1.82) is 0 Å². The van der Waals surface area contributed by atoms with E-state index in [9.17, 15) is 13.2 Å². The van der Waals surface area contributed by atoms with Crippen molar-refractivity contribution in [3.05, 3.63) is 45.6 Å². The molecule has 122 valence electrons. The van der Waals surface area contributed by atoms with Gasteiger partial charge in [-0.25, -0.2) is 8.42 Å². The van der Waals surface area contributed by atoms with Gasteiger partial charge < -0.3 is 5.32 Å². The van der Waals surface area contributed by atoms with E-state index in [2.05, 4.69) is 5.32 Å². The molecule has 1 aromatic carbocycles. The lowest BCUT2D eigenvalue weighted by molar-refractivity contribution is 0.103. The number of hydrogen-bond donors (Lipinski definition) is 1. The van der Waals surface area contributed by atoms with Gasteiger partial charge in [-0.1, -0.05) is 24.4 Å². The van der Waals surface area contributed by atoms with Gasteiger partial charge in [0, 0.05) is 5.69 Å². The predicted octanol–water partition coefficient (Wildman–Crippen LogP) is 4.37. The summed E-state index contributed by atoms with van der Waals surface area (Å²) in [5.41, 5.74) is 0.560. The van der Waals surface area contributed by atoms with Crippen LogP contribution in [0.3, 0.4) is 0 Å². The number of rotatable bonds is 4. The molecule has 0 aliphatic heterocycles. The fourth-order valence-electron chi connectivity index (χ4n) is 2.75. The summed E-state index contributed by atoms with van der Waals surface area (Å²) >= 11 is 7.01. The molecule has 0 atom stereocenters. The second-order valence-corrected chi connectivity index (χ2v) is 9.48. The average Bonchev–Trinajstić information content (AvgIpc) is 3.19. The van der Waals surface area contributed by atoms with E-state index in [1.54, 1.807) is 36.4 Å². The summed E-state index contributed by atoms with van der Waals surface area (Å²) < 4.78 is 25.5. The molecule has 2 aromatic rings. The van der Waals surface area contributed by atoms with Gasteiger partial charge in [0.1, 0.15) is 0 Å². The summed E-state index contributed by atoms with van der Waals surface area (Å²) in [5.74, 6) is -0.256. The first-order valence-corrected chi connectivity index (χ1v) is 10.1. The van der Waals surface area contributed by atoms with Gasteiger partial charge in [0.25, 0.3) is 5.91 Å². The van der Waals surface area contributed by atoms with Crippen LogP contribution in [0.1, 0.15) is 35.4 Å². The molecule has 0 bridgehead atoms. The van der Waals surface area contributed by atoms with Gasteiger partial charge in [-0.3, -0.25) is 4.79 Å². The quantitative estimate of drug-likeness (QED) is 0.870. The number of carbonyl (C=O) groups is 1. The van der Waals surface area contributed by atoms with Gasteiger partial charge in [-0.15, -0.1) is 11.3 Å². The maximum Gasteiger partial charge on any atom is 0.265 e. The number of anilines is 1. The third-order valence-corrected chi connectivity index (χ3v) is 7.49. The number of benzene rings is 1. The third-order valence-electron chi connectivity index (χ3n) is 3.98. The Bertz CT molecular complexity index is 806. The van der Waals surface area contributed by atoms with Crippen LogP contribution in [0.15, 0.2) is 41.3 Å². The van der Waals surface area contributed by atoms with Crippen molar-refractivity contribution < 1.29 is 13.2 Å². The van der Waals surface area contributed by atoms with Gasteiger partial charge in [-0.05, 0) is 49.2 Å². The summed E-state index contributed by atoms with van der Waals surface area (Å²) in [4.78, 5) is 12.9. The molecule has 1 aliphatic rings. The fourth-order valence-corrected chi connectivity index (χ4v) is 5.54. The third kappa shape index (κ3) is 3.59. The molecule has 0 unspecified atom stereocenters. The molecule has 1 fully saturated rings. The summed E-state index contributed by atoms with van der Waals surface area (Å²) in [6.45, 7) is 0. The summed E-state index contributed by atoms with van der Waals surface area (Å²) in [6.07, 6.45) is 3.42. The number of amides is 1. The van der Waals surface area contributed by atoms with Crippen molar-refractivity contribution in [2.75, 3.05) is 5.32 Å². The zero-order chi connectivity index (χ0) is 16.4. The first-order chi connectivity index (χ1) is 11.0. The van der Waals surface area contributed by atoms with E-state index in [0.29, 0.717) is 19.8 Å². The Kier molecular flexibility index (Phi) is 4.75. The standard InChI is InChI=1S/C16H16ClNO3S2/c17-15-10-9-14(22-15)16(19)18-11-5-7-13(8-6-11)23(20,21)12-3-1-2-4-12/h5-10,12H,1-4H2,(H,18,19). The van der Waals surface area contributed by atoms with Crippen LogP contribution in [0.4, 0.5) is 5.69 Å². The number of nitrogens with one attached hydrogen (secondary N) is 1. The molecule has 3 rings (SSSR count). The van der Waals surface area contributed by atoms with Crippen LogP contribution in [-0.4, -0.2) is 19.6 Å². The van der Waals surface area contributed by atoms with Crippen molar-refractivity contribution in [1.82, 2.24) is 0 Å². The number of thiophene rings is 1. The van der Waals surface area contributed by atoms with Gasteiger partial charge in [0.15, 0.2) is 9.84 Å². The SMILES string of the molecule is O=C(Nc1ccc(S(=O)(=O)C2CCCC2)cc1)c1ccc(Cl)s1. The number of carbonyl (C=O) groups excluding carboxylic acids is 1. The molecule has 0 spiro atoms. The van der Waals surface area contributed by atoms with E-state index in [0.717, 1.165) is 25.7 Å². The van der Waals surface area contributed by atoms with Gasteiger partial charge in [0.05, 0.1) is 19.4 Å². The predicted molar refractivity (Wildman–Crippen MR) is 93.2 cm³/mol. The lowest BCUT2D eigenvalue weighted by Gasteiger charge is -2.11. The number of halogens is 1. The van der Waals surface area contributed by atoms with Crippen molar-refractivity contribution >= 4 is 44.4 Å². The molecule has 4 nitrogen and oxygen atoms in total. The molecule has 1 aromatic heterocycles. The van der Waals surface area contributed by atoms with Crippen LogP contribution in [0.2, 0.25) is 4.34 Å². The van der Waals surface area contributed by atoms with Crippen LogP contribution in [0.25, 0.3) is 0 Å². The van der Waals surface area contributed by atoms with Crippen molar-refractivity contribution in [3.63, 3.8) is 0 Å². The van der Waals surface area contributed by atoms with Gasteiger partial charge >= 0.3 is 0 Å². The minimum absolute atomic E-state index is 0.256.